The van der Waals surface area contributed by atoms with E-state index in [-0.39, 0.29) is 5.56 Å². The average molecular weight is 445 g/mol. The molecule has 0 fully saturated rings. The molecule has 0 aliphatic carbocycles. The Morgan fingerprint density at radius 2 is 1.17 bits per heavy atom. The van der Waals surface area contributed by atoms with Crippen LogP contribution in [0.4, 0.5) is 8.78 Å². The van der Waals surface area contributed by atoms with Crippen LogP contribution in [0.1, 0.15) is 11.1 Å². The van der Waals surface area contributed by atoms with E-state index in [0.717, 1.165) is 31.6 Å². The first kappa shape index (κ1) is 18.0. The quantitative estimate of drug-likeness (QED) is 0.189. The van der Waals surface area contributed by atoms with E-state index in [9.17, 15) is 8.78 Å². The highest BCUT2D eigenvalue weighted by Crippen LogP contribution is 2.32. The Bertz CT molecular complexity index is 1430. The molecule has 3 heteroatoms. The summed E-state index contributed by atoms with van der Waals surface area (Å²) >= 11 is 3.64. The summed E-state index contributed by atoms with van der Waals surface area (Å²) in [5.74, 6) is -1.65. The summed E-state index contributed by atoms with van der Waals surface area (Å²) in [4.78, 5) is 0. The summed E-state index contributed by atoms with van der Waals surface area (Å²) < 4.78 is 30.5. The van der Waals surface area contributed by atoms with E-state index in [1.807, 2.05) is 72.8 Å². The predicted octanol–water partition coefficient (Wildman–Crippen LogP) is 8.36. The van der Waals surface area contributed by atoms with Gasteiger partial charge >= 0.3 is 0 Å². The fourth-order valence-corrected chi connectivity index (χ4v) is 4.41. The molecule has 0 saturated carbocycles. The molecule has 5 rings (SSSR count). The lowest BCUT2D eigenvalue weighted by Crippen LogP contribution is -1.92. The zero-order valence-corrected chi connectivity index (χ0v) is 16.9. The smallest absolute Gasteiger partial charge is 0.167 e. The molecular weight excluding hydrogens is 430 g/mol. The maximum absolute atomic E-state index is 14.8. The van der Waals surface area contributed by atoms with Crippen LogP contribution in [-0.2, 0) is 0 Å². The molecule has 140 valence electrons. The molecule has 0 atom stereocenters. The Labute approximate surface area is 175 Å². The second-order valence-corrected chi connectivity index (χ2v) is 7.79. The summed E-state index contributed by atoms with van der Waals surface area (Å²) in [6.45, 7) is 0. The lowest BCUT2D eigenvalue weighted by molar-refractivity contribution is 0.515. The van der Waals surface area contributed by atoms with E-state index < -0.39 is 11.6 Å². The Balaban J connectivity index is 1.68. The number of fused-ring (bicyclic) bond motifs is 4. The zero-order chi connectivity index (χ0) is 20.0. The van der Waals surface area contributed by atoms with E-state index in [2.05, 4.69) is 15.9 Å². The topological polar surface area (TPSA) is 0 Å². The molecule has 0 aliphatic heterocycles. The van der Waals surface area contributed by atoms with Gasteiger partial charge in [-0.2, -0.15) is 0 Å². The molecule has 0 bridgehead atoms. The Hall–Kier alpha value is -3.04. The van der Waals surface area contributed by atoms with Crippen molar-refractivity contribution in [1.82, 2.24) is 0 Å². The monoisotopic (exact) mass is 444 g/mol. The Kier molecular flexibility index (Phi) is 4.40. The highest BCUT2D eigenvalue weighted by molar-refractivity contribution is 9.10. The first-order chi connectivity index (χ1) is 14.1. The van der Waals surface area contributed by atoms with E-state index in [0.29, 0.717) is 10.8 Å². The van der Waals surface area contributed by atoms with Gasteiger partial charge < -0.3 is 0 Å². The number of rotatable bonds is 2. The molecule has 5 aromatic carbocycles. The van der Waals surface area contributed by atoms with Crippen molar-refractivity contribution in [3.05, 3.63) is 106 Å². The zero-order valence-electron chi connectivity index (χ0n) is 15.3. The van der Waals surface area contributed by atoms with Gasteiger partial charge in [0.05, 0.1) is 0 Å². The van der Waals surface area contributed by atoms with Crippen molar-refractivity contribution in [3.8, 4) is 0 Å². The third-order valence-electron chi connectivity index (χ3n) is 5.29. The van der Waals surface area contributed by atoms with Gasteiger partial charge in [0.25, 0.3) is 0 Å². The molecule has 0 saturated heterocycles. The molecule has 0 spiro atoms. The molecule has 0 radical (unpaired) electrons. The fourth-order valence-electron chi connectivity index (χ4n) is 3.79. The van der Waals surface area contributed by atoms with Crippen LogP contribution in [0, 0.1) is 11.6 Å². The Morgan fingerprint density at radius 3 is 1.97 bits per heavy atom. The SMILES string of the molecule is Fc1c(/C=C\c2ccc3ccccc3c2Br)cc2c(ccc3ccccc32)c1F. The van der Waals surface area contributed by atoms with Gasteiger partial charge in [0.15, 0.2) is 11.6 Å². The Morgan fingerprint density at radius 1 is 0.552 bits per heavy atom. The maximum Gasteiger partial charge on any atom is 0.167 e. The lowest BCUT2D eigenvalue weighted by Gasteiger charge is -2.09. The van der Waals surface area contributed by atoms with Crippen molar-refractivity contribution in [2.24, 2.45) is 0 Å². The number of halogens is 3. The van der Waals surface area contributed by atoms with E-state index >= 15 is 0 Å². The van der Waals surface area contributed by atoms with Gasteiger partial charge in [0, 0.05) is 15.4 Å². The molecular formula is C26H15BrF2. The average Bonchev–Trinajstić information content (AvgIpc) is 2.76. The number of hydrogen-bond donors (Lipinski definition) is 0. The second kappa shape index (κ2) is 7.09. The predicted molar refractivity (Wildman–Crippen MR) is 122 cm³/mol. The molecule has 0 amide bonds. The van der Waals surface area contributed by atoms with Gasteiger partial charge in [-0.1, -0.05) is 84.9 Å². The third kappa shape index (κ3) is 3.02. The molecule has 0 aromatic heterocycles. The lowest BCUT2D eigenvalue weighted by atomic mass is 9.98. The van der Waals surface area contributed by atoms with E-state index in [4.69, 9.17) is 0 Å². The minimum atomic E-state index is -0.832. The standard InChI is InChI=1S/C26H15BrF2/c27-24-18(10-9-17-6-2-4-8-21(17)24)11-12-19-15-23-20-7-3-1-5-16(20)13-14-22(23)26(29)25(19)28/h1-15H/b12-11-. The van der Waals surface area contributed by atoms with Gasteiger partial charge in [-0.25, -0.2) is 8.78 Å². The molecule has 0 heterocycles. The van der Waals surface area contributed by atoms with Crippen LogP contribution in [0.2, 0.25) is 0 Å². The largest absolute Gasteiger partial charge is 0.203 e. The van der Waals surface area contributed by atoms with Crippen LogP contribution in [0.25, 0.3) is 44.5 Å². The van der Waals surface area contributed by atoms with Crippen LogP contribution in [0.3, 0.4) is 0 Å². The maximum atomic E-state index is 14.8. The van der Waals surface area contributed by atoms with E-state index in [1.165, 1.54) is 0 Å². The summed E-state index contributed by atoms with van der Waals surface area (Å²) in [5.41, 5.74) is 1.13. The molecule has 0 nitrogen and oxygen atoms in total. The van der Waals surface area contributed by atoms with Gasteiger partial charge in [0.1, 0.15) is 0 Å². The van der Waals surface area contributed by atoms with Crippen molar-refractivity contribution in [1.29, 1.82) is 0 Å². The second-order valence-electron chi connectivity index (χ2n) is 7.00. The molecule has 29 heavy (non-hydrogen) atoms. The van der Waals surface area contributed by atoms with Gasteiger partial charge in [0.2, 0.25) is 0 Å². The van der Waals surface area contributed by atoms with Crippen LogP contribution < -0.4 is 0 Å². The molecule has 0 aliphatic rings. The van der Waals surface area contributed by atoms with Crippen LogP contribution in [-0.4, -0.2) is 0 Å². The van der Waals surface area contributed by atoms with Crippen LogP contribution in [0.15, 0.2) is 83.3 Å². The summed E-state index contributed by atoms with van der Waals surface area (Å²) in [6, 6.07) is 24.9. The highest BCUT2D eigenvalue weighted by Gasteiger charge is 2.14. The van der Waals surface area contributed by atoms with Crippen LogP contribution >= 0.6 is 15.9 Å². The summed E-state index contributed by atoms with van der Waals surface area (Å²) in [7, 11) is 0. The number of benzene rings is 5. The van der Waals surface area contributed by atoms with Gasteiger partial charge in [-0.15, -0.1) is 0 Å². The van der Waals surface area contributed by atoms with Crippen molar-refractivity contribution in [2.75, 3.05) is 0 Å². The highest BCUT2D eigenvalue weighted by atomic mass is 79.9. The van der Waals surface area contributed by atoms with Crippen molar-refractivity contribution in [3.63, 3.8) is 0 Å². The van der Waals surface area contributed by atoms with Crippen molar-refractivity contribution >= 4 is 60.4 Å². The minimum Gasteiger partial charge on any atom is -0.203 e. The first-order valence-corrected chi connectivity index (χ1v) is 10.1. The molecule has 5 aromatic rings. The summed E-state index contributed by atoms with van der Waals surface area (Å²) in [6.07, 6.45) is 3.44. The molecule has 0 N–H and O–H groups in total. The normalized spacial score (nSPS) is 11.8. The minimum absolute atomic E-state index is 0.228. The van der Waals surface area contributed by atoms with Gasteiger partial charge in [-0.3, -0.25) is 0 Å². The fraction of sp³-hybridized carbons (Fsp3) is 0. The van der Waals surface area contributed by atoms with Crippen LogP contribution in [0.5, 0.6) is 0 Å². The van der Waals surface area contributed by atoms with E-state index in [1.54, 1.807) is 18.2 Å². The van der Waals surface area contributed by atoms with Gasteiger partial charge in [-0.05, 0) is 54.5 Å². The van der Waals surface area contributed by atoms with Crippen molar-refractivity contribution in [2.45, 2.75) is 0 Å². The number of hydrogen-bond acceptors (Lipinski definition) is 0. The summed E-state index contributed by atoms with van der Waals surface area (Å²) in [5, 5.41) is 5.10. The first-order valence-electron chi connectivity index (χ1n) is 9.28. The third-order valence-corrected chi connectivity index (χ3v) is 6.17. The molecule has 0 unspecified atom stereocenters. The van der Waals surface area contributed by atoms with Crippen molar-refractivity contribution < 1.29 is 8.78 Å².